The van der Waals surface area contributed by atoms with Crippen LogP contribution in [0.2, 0.25) is 0 Å². The second kappa shape index (κ2) is 3.96. The van der Waals surface area contributed by atoms with Crippen LogP contribution in [0.25, 0.3) is 11.1 Å². The first-order valence-electron chi connectivity index (χ1n) is 4.51. The normalized spacial score (nSPS) is 9.93. The monoisotopic (exact) mass is 201 g/mol. The van der Waals surface area contributed by atoms with Gasteiger partial charge in [0.15, 0.2) is 0 Å². The van der Waals surface area contributed by atoms with Crippen molar-refractivity contribution < 1.29 is 4.74 Å². The van der Waals surface area contributed by atoms with Gasteiger partial charge in [-0.2, -0.15) is 0 Å². The number of hydrogen-bond donors (Lipinski definition) is 1. The van der Waals surface area contributed by atoms with Gasteiger partial charge in [0.1, 0.15) is 0 Å². The Morgan fingerprint density at radius 2 is 2.20 bits per heavy atom. The van der Waals surface area contributed by atoms with E-state index in [9.17, 15) is 0 Å². The van der Waals surface area contributed by atoms with Gasteiger partial charge in [-0.25, -0.2) is 4.98 Å². The highest BCUT2D eigenvalue weighted by molar-refractivity contribution is 5.70. The van der Waals surface area contributed by atoms with E-state index in [2.05, 4.69) is 9.97 Å². The highest BCUT2D eigenvalue weighted by atomic mass is 16.5. The SMILES string of the molecule is COc1ncc(N)cc1-c1cccnc1. The number of nitrogens with two attached hydrogens (primary N) is 1. The fraction of sp³-hybridized carbons (Fsp3) is 0.0909. The second-order valence-electron chi connectivity index (χ2n) is 3.07. The Kier molecular flexibility index (Phi) is 2.49. The fourth-order valence-corrected chi connectivity index (χ4v) is 1.36. The van der Waals surface area contributed by atoms with Crippen LogP contribution in [0.4, 0.5) is 5.69 Å². The molecule has 0 fully saturated rings. The molecule has 0 radical (unpaired) electrons. The van der Waals surface area contributed by atoms with Crippen LogP contribution in [0.1, 0.15) is 0 Å². The fourth-order valence-electron chi connectivity index (χ4n) is 1.36. The van der Waals surface area contributed by atoms with Crippen LogP contribution in [-0.2, 0) is 0 Å². The maximum Gasteiger partial charge on any atom is 0.221 e. The van der Waals surface area contributed by atoms with Gasteiger partial charge in [0.05, 0.1) is 19.0 Å². The van der Waals surface area contributed by atoms with Gasteiger partial charge in [-0.1, -0.05) is 6.07 Å². The molecule has 2 heterocycles. The van der Waals surface area contributed by atoms with E-state index in [0.29, 0.717) is 11.6 Å². The van der Waals surface area contributed by atoms with Crippen molar-refractivity contribution >= 4 is 5.69 Å². The first kappa shape index (κ1) is 9.45. The highest BCUT2D eigenvalue weighted by Gasteiger charge is 2.07. The van der Waals surface area contributed by atoms with Crippen molar-refractivity contribution in [2.45, 2.75) is 0 Å². The van der Waals surface area contributed by atoms with Gasteiger partial charge in [-0.15, -0.1) is 0 Å². The Balaban J connectivity index is 2.56. The minimum atomic E-state index is 0.553. The molecule has 2 aromatic rings. The van der Waals surface area contributed by atoms with Crippen molar-refractivity contribution in [3.63, 3.8) is 0 Å². The molecule has 4 nitrogen and oxygen atoms in total. The van der Waals surface area contributed by atoms with Crippen LogP contribution in [0, 0.1) is 0 Å². The number of aromatic nitrogens is 2. The summed E-state index contributed by atoms with van der Waals surface area (Å²) in [7, 11) is 1.58. The molecular formula is C11H11N3O. The molecule has 0 saturated carbocycles. The van der Waals surface area contributed by atoms with Crippen molar-refractivity contribution in [1.29, 1.82) is 0 Å². The lowest BCUT2D eigenvalue weighted by Crippen LogP contribution is -1.94. The van der Waals surface area contributed by atoms with E-state index in [-0.39, 0.29) is 0 Å². The summed E-state index contributed by atoms with van der Waals surface area (Å²) in [5.41, 5.74) is 8.08. The Hall–Kier alpha value is -2.10. The summed E-state index contributed by atoms with van der Waals surface area (Å²) in [6, 6.07) is 5.62. The van der Waals surface area contributed by atoms with E-state index in [0.717, 1.165) is 11.1 Å². The van der Waals surface area contributed by atoms with Crippen LogP contribution in [0.5, 0.6) is 5.88 Å². The van der Waals surface area contributed by atoms with Crippen LogP contribution in [0.15, 0.2) is 36.8 Å². The number of hydrogen-bond acceptors (Lipinski definition) is 4. The minimum Gasteiger partial charge on any atom is -0.481 e. The molecule has 0 atom stereocenters. The zero-order chi connectivity index (χ0) is 10.7. The number of rotatable bonds is 2. The Bertz CT molecular complexity index is 457. The first-order valence-corrected chi connectivity index (χ1v) is 4.51. The molecule has 0 spiro atoms. The molecule has 0 aliphatic heterocycles. The number of anilines is 1. The number of pyridine rings is 2. The van der Waals surface area contributed by atoms with Gasteiger partial charge in [0.25, 0.3) is 0 Å². The number of ether oxygens (including phenoxy) is 1. The first-order chi connectivity index (χ1) is 7.31. The van der Waals surface area contributed by atoms with Crippen molar-refractivity contribution in [3.8, 4) is 17.0 Å². The quantitative estimate of drug-likeness (QED) is 0.803. The molecule has 0 saturated heterocycles. The molecule has 0 aliphatic rings. The van der Waals surface area contributed by atoms with E-state index in [1.54, 1.807) is 25.7 Å². The van der Waals surface area contributed by atoms with E-state index < -0.39 is 0 Å². The highest BCUT2D eigenvalue weighted by Crippen LogP contribution is 2.28. The zero-order valence-electron chi connectivity index (χ0n) is 8.34. The van der Waals surface area contributed by atoms with Gasteiger partial charge in [0, 0.05) is 23.5 Å². The van der Waals surface area contributed by atoms with Gasteiger partial charge in [-0.3, -0.25) is 4.98 Å². The molecule has 2 aromatic heterocycles. The molecule has 4 heteroatoms. The van der Waals surface area contributed by atoms with Gasteiger partial charge in [0.2, 0.25) is 5.88 Å². The minimum absolute atomic E-state index is 0.553. The van der Waals surface area contributed by atoms with E-state index >= 15 is 0 Å². The third kappa shape index (κ3) is 1.88. The summed E-state index contributed by atoms with van der Waals surface area (Å²) in [6.45, 7) is 0. The van der Waals surface area contributed by atoms with Crippen molar-refractivity contribution in [2.75, 3.05) is 12.8 Å². The van der Waals surface area contributed by atoms with Crippen molar-refractivity contribution in [3.05, 3.63) is 36.8 Å². The molecular weight excluding hydrogens is 190 g/mol. The summed E-state index contributed by atoms with van der Waals surface area (Å²) in [5, 5.41) is 0. The van der Waals surface area contributed by atoms with Crippen LogP contribution >= 0.6 is 0 Å². The molecule has 0 amide bonds. The van der Waals surface area contributed by atoms with E-state index in [4.69, 9.17) is 10.5 Å². The number of nitrogens with zero attached hydrogens (tertiary/aromatic N) is 2. The topological polar surface area (TPSA) is 61.0 Å². The molecule has 76 valence electrons. The summed E-state index contributed by atoms with van der Waals surface area (Å²) in [6.07, 6.45) is 5.04. The standard InChI is InChI=1S/C11H11N3O/c1-15-11-10(5-9(12)7-14-11)8-3-2-4-13-6-8/h2-7H,12H2,1H3. The van der Waals surface area contributed by atoms with E-state index in [1.165, 1.54) is 0 Å². The van der Waals surface area contributed by atoms with Crippen LogP contribution < -0.4 is 10.5 Å². The van der Waals surface area contributed by atoms with E-state index in [1.807, 2.05) is 18.2 Å². The Morgan fingerprint density at radius 3 is 2.87 bits per heavy atom. The smallest absolute Gasteiger partial charge is 0.221 e. The molecule has 0 unspecified atom stereocenters. The van der Waals surface area contributed by atoms with Crippen molar-refractivity contribution in [2.24, 2.45) is 0 Å². The maximum absolute atomic E-state index is 5.68. The van der Waals surface area contributed by atoms with Crippen molar-refractivity contribution in [1.82, 2.24) is 9.97 Å². The van der Waals surface area contributed by atoms with Crippen LogP contribution in [0.3, 0.4) is 0 Å². The average Bonchev–Trinajstić information content (AvgIpc) is 2.30. The summed E-state index contributed by atoms with van der Waals surface area (Å²) < 4.78 is 5.16. The lowest BCUT2D eigenvalue weighted by atomic mass is 10.1. The maximum atomic E-state index is 5.68. The molecule has 0 aliphatic carbocycles. The molecule has 2 rings (SSSR count). The van der Waals surface area contributed by atoms with Gasteiger partial charge >= 0.3 is 0 Å². The molecule has 15 heavy (non-hydrogen) atoms. The summed E-state index contributed by atoms with van der Waals surface area (Å²) >= 11 is 0. The second-order valence-corrected chi connectivity index (χ2v) is 3.07. The van der Waals surface area contributed by atoms with Gasteiger partial charge < -0.3 is 10.5 Å². The summed E-state index contributed by atoms with van der Waals surface area (Å²) in [4.78, 5) is 8.14. The lowest BCUT2D eigenvalue weighted by Gasteiger charge is -2.07. The predicted molar refractivity (Wildman–Crippen MR) is 58.4 cm³/mol. The van der Waals surface area contributed by atoms with Crippen LogP contribution in [-0.4, -0.2) is 17.1 Å². The average molecular weight is 201 g/mol. The number of methoxy groups -OCH3 is 1. The zero-order valence-corrected chi connectivity index (χ0v) is 8.34. The lowest BCUT2D eigenvalue weighted by molar-refractivity contribution is 0.400. The summed E-state index contributed by atoms with van der Waals surface area (Å²) in [5.74, 6) is 0.553. The van der Waals surface area contributed by atoms with Gasteiger partial charge in [-0.05, 0) is 12.1 Å². The third-order valence-electron chi connectivity index (χ3n) is 2.04. The molecule has 0 bridgehead atoms. The third-order valence-corrected chi connectivity index (χ3v) is 2.04. The molecule has 2 N–H and O–H groups in total. The largest absolute Gasteiger partial charge is 0.481 e. The Morgan fingerprint density at radius 1 is 1.33 bits per heavy atom. The number of nitrogen functional groups attached to an aromatic ring is 1. The molecule has 0 aromatic carbocycles. The Labute approximate surface area is 87.7 Å². The predicted octanol–water partition coefficient (Wildman–Crippen LogP) is 1.73.